The molecule has 1 fully saturated rings. The summed E-state index contributed by atoms with van der Waals surface area (Å²) < 4.78 is 27.0. The zero-order valence-electron chi connectivity index (χ0n) is 13.3. The molecule has 1 heterocycles. The summed E-state index contributed by atoms with van der Waals surface area (Å²) in [7, 11) is -3.86. The van der Waals surface area contributed by atoms with Crippen molar-refractivity contribution in [3.8, 4) is 0 Å². The molecule has 0 amide bonds. The Labute approximate surface area is 136 Å². The monoisotopic (exact) mass is 341 g/mol. The van der Waals surface area contributed by atoms with Crippen LogP contribution in [0, 0.1) is 10.1 Å². The first-order valence-electron chi connectivity index (χ1n) is 7.89. The van der Waals surface area contributed by atoms with Gasteiger partial charge in [0.25, 0.3) is 5.69 Å². The number of piperidine rings is 1. The second kappa shape index (κ2) is 7.85. The van der Waals surface area contributed by atoms with Gasteiger partial charge in [-0.2, -0.15) is 0 Å². The molecule has 23 heavy (non-hydrogen) atoms. The molecule has 128 valence electrons. The van der Waals surface area contributed by atoms with Crippen molar-refractivity contribution in [2.45, 2.75) is 43.5 Å². The lowest BCUT2D eigenvalue weighted by atomic mass is 10.0. The molecule has 1 aromatic rings. The molecule has 0 radical (unpaired) electrons. The minimum absolute atomic E-state index is 0.275. The molecule has 8 heteroatoms. The van der Waals surface area contributed by atoms with Crippen LogP contribution in [0.3, 0.4) is 0 Å². The standard InChI is InChI=1S/C15H23N3O4S/c1-13-7-4-5-11-17(13)12-6-10-16-23(21,22)15-9-3-2-8-14(15)18(19)20/h2-3,8-9,13,16H,4-7,10-12H2,1H3. The van der Waals surface area contributed by atoms with Crippen molar-refractivity contribution in [1.29, 1.82) is 0 Å². The van der Waals surface area contributed by atoms with E-state index in [4.69, 9.17) is 0 Å². The van der Waals surface area contributed by atoms with Crippen LogP contribution >= 0.6 is 0 Å². The highest BCUT2D eigenvalue weighted by molar-refractivity contribution is 7.89. The molecule has 1 saturated heterocycles. The summed E-state index contributed by atoms with van der Waals surface area (Å²) in [5.41, 5.74) is -0.398. The number of nitro benzene ring substituents is 1. The maximum absolute atomic E-state index is 12.2. The largest absolute Gasteiger partial charge is 0.301 e. The van der Waals surface area contributed by atoms with Crippen molar-refractivity contribution in [3.63, 3.8) is 0 Å². The summed E-state index contributed by atoms with van der Waals surface area (Å²) in [6.07, 6.45) is 4.31. The van der Waals surface area contributed by atoms with Gasteiger partial charge < -0.3 is 4.90 Å². The van der Waals surface area contributed by atoms with Crippen LogP contribution in [-0.4, -0.2) is 43.9 Å². The molecule has 1 aromatic carbocycles. The molecule has 0 saturated carbocycles. The summed E-state index contributed by atoms with van der Waals surface area (Å²) in [4.78, 5) is 12.4. The molecule has 1 aliphatic heterocycles. The van der Waals surface area contributed by atoms with Crippen LogP contribution in [-0.2, 0) is 10.0 Å². The zero-order chi connectivity index (χ0) is 16.9. The van der Waals surface area contributed by atoms with E-state index < -0.39 is 20.6 Å². The Kier molecular flexibility index (Phi) is 6.09. The molecule has 1 unspecified atom stereocenters. The van der Waals surface area contributed by atoms with Crippen LogP contribution in [0.5, 0.6) is 0 Å². The van der Waals surface area contributed by atoms with Gasteiger partial charge >= 0.3 is 0 Å². The molecule has 0 spiro atoms. The van der Waals surface area contributed by atoms with Crippen molar-refractivity contribution in [2.75, 3.05) is 19.6 Å². The van der Waals surface area contributed by atoms with Crippen LogP contribution in [0.2, 0.25) is 0 Å². The fourth-order valence-corrected chi connectivity index (χ4v) is 4.14. The van der Waals surface area contributed by atoms with Crippen LogP contribution in [0.25, 0.3) is 0 Å². The Morgan fingerprint density at radius 2 is 2.09 bits per heavy atom. The van der Waals surface area contributed by atoms with Crippen molar-refractivity contribution >= 4 is 15.7 Å². The van der Waals surface area contributed by atoms with Gasteiger partial charge in [-0.15, -0.1) is 0 Å². The maximum atomic E-state index is 12.2. The van der Waals surface area contributed by atoms with Gasteiger partial charge in [0.15, 0.2) is 4.90 Å². The topological polar surface area (TPSA) is 92.6 Å². The number of nitro groups is 1. The molecule has 1 atom stereocenters. The number of rotatable bonds is 7. The summed E-state index contributed by atoms with van der Waals surface area (Å²) >= 11 is 0. The van der Waals surface area contributed by atoms with Crippen molar-refractivity contribution in [1.82, 2.24) is 9.62 Å². The Morgan fingerprint density at radius 3 is 2.78 bits per heavy atom. The van der Waals surface area contributed by atoms with Crippen LogP contribution in [0.4, 0.5) is 5.69 Å². The van der Waals surface area contributed by atoms with Gasteiger partial charge in [0.05, 0.1) is 4.92 Å². The average Bonchev–Trinajstić information content (AvgIpc) is 2.53. The molecular weight excluding hydrogens is 318 g/mol. The Balaban J connectivity index is 1.91. The lowest BCUT2D eigenvalue weighted by Crippen LogP contribution is -2.39. The number of nitrogens with zero attached hydrogens (tertiary/aromatic N) is 2. The van der Waals surface area contributed by atoms with E-state index in [0.717, 1.165) is 13.1 Å². The summed E-state index contributed by atoms with van der Waals surface area (Å²) in [6.45, 7) is 4.35. The quantitative estimate of drug-likeness (QED) is 0.466. The molecule has 1 aliphatic rings. The predicted octanol–water partition coefficient (Wildman–Crippen LogP) is 2.14. The third-order valence-corrected chi connectivity index (χ3v) is 5.71. The van der Waals surface area contributed by atoms with Gasteiger partial charge in [0, 0.05) is 18.7 Å². The fraction of sp³-hybridized carbons (Fsp3) is 0.600. The normalized spacial score (nSPS) is 19.6. The maximum Gasteiger partial charge on any atom is 0.289 e. The second-order valence-corrected chi connectivity index (χ2v) is 7.59. The van der Waals surface area contributed by atoms with Crippen LogP contribution < -0.4 is 4.72 Å². The molecule has 1 N–H and O–H groups in total. The second-order valence-electron chi connectivity index (χ2n) is 5.86. The number of likely N-dealkylation sites (tertiary alicyclic amines) is 1. The third kappa shape index (κ3) is 4.73. The van der Waals surface area contributed by atoms with Gasteiger partial charge in [-0.05, 0) is 45.3 Å². The minimum Gasteiger partial charge on any atom is -0.301 e. The smallest absolute Gasteiger partial charge is 0.289 e. The Hall–Kier alpha value is -1.51. The SMILES string of the molecule is CC1CCCCN1CCCNS(=O)(=O)c1ccccc1[N+](=O)[O-]. The number of benzene rings is 1. The zero-order valence-corrected chi connectivity index (χ0v) is 14.1. The average molecular weight is 341 g/mol. The van der Waals surface area contributed by atoms with Gasteiger partial charge in [-0.1, -0.05) is 18.6 Å². The molecular formula is C15H23N3O4S. The highest BCUT2D eigenvalue weighted by Crippen LogP contribution is 2.22. The van der Waals surface area contributed by atoms with Gasteiger partial charge in [-0.25, -0.2) is 13.1 Å². The molecule has 0 aromatic heterocycles. The Morgan fingerprint density at radius 1 is 1.35 bits per heavy atom. The third-order valence-electron chi connectivity index (χ3n) is 4.21. The Bertz CT molecular complexity index is 648. The summed E-state index contributed by atoms with van der Waals surface area (Å²) in [5, 5.41) is 10.9. The van der Waals surface area contributed by atoms with Crippen molar-refractivity contribution in [3.05, 3.63) is 34.4 Å². The highest BCUT2D eigenvalue weighted by atomic mass is 32.2. The highest BCUT2D eigenvalue weighted by Gasteiger charge is 2.24. The van der Waals surface area contributed by atoms with Crippen LogP contribution in [0.15, 0.2) is 29.2 Å². The van der Waals surface area contributed by atoms with Gasteiger partial charge in [-0.3, -0.25) is 10.1 Å². The molecule has 0 bridgehead atoms. The number of hydrogen-bond donors (Lipinski definition) is 1. The number of hydrogen-bond acceptors (Lipinski definition) is 5. The number of para-hydroxylation sites is 1. The molecule has 0 aliphatic carbocycles. The van der Waals surface area contributed by atoms with Crippen molar-refractivity contribution < 1.29 is 13.3 Å². The molecule has 2 rings (SSSR count). The first-order chi connectivity index (χ1) is 10.9. The van der Waals surface area contributed by atoms with Gasteiger partial charge in [0.1, 0.15) is 0 Å². The van der Waals surface area contributed by atoms with E-state index in [2.05, 4.69) is 16.5 Å². The van der Waals surface area contributed by atoms with E-state index in [9.17, 15) is 18.5 Å². The number of nitrogens with one attached hydrogen (secondary N) is 1. The minimum atomic E-state index is -3.86. The van der Waals surface area contributed by atoms with E-state index in [1.54, 1.807) is 0 Å². The van der Waals surface area contributed by atoms with E-state index in [-0.39, 0.29) is 11.4 Å². The lowest BCUT2D eigenvalue weighted by Gasteiger charge is -2.33. The summed E-state index contributed by atoms with van der Waals surface area (Å²) in [6, 6.07) is 5.93. The van der Waals surface area contributed by atoms with Crippen molar-refractivity contribution in [2.24, 2.45) is 0 Å². The fourth-order valence-electron chi connectivity index (χ4n) is 2.89. The van der Waals surface area contributed by atoms with E-state index in [1.807, 2.05) is 0 Å². The number of sulfonamides is 1. The van der Waals surface area contributed by atoms with E-state index in [1.165, 1.54) is 43.5 Å². The lowest BCUT2D eigenvalue weighted by molar-refractivity contribution is -0.387. The first kappa shape index (κ1) is 17.8. The van der Waals surface area contributed by atoms with E-state index >= 15 is 0 Å². The summed E-state index contributed by atoms with van der Waals surface area (Å²) in [5.74, 6) is 0. The van der Waals surface area contributed by atoms with E-state index in [0.29, 0.717) is 12.5 Å². The van der Waals surface area contributed by atoms with Gasteiger partial charge in [0.2, 0.25) is 10.0 Å². The molecule has 7 nitrogen and oxygen atoms in total. The first-order valence-corrected chi connectivity index (χ1v) is 9.37. The van der Waals surface area contributed by atoms with Crippen LogP contribution in [0.1, 0.15) is 32.6 Å². The predicted molar refractivity (Wildman–Crippen MR) is 87.8 cm³/mol.